The SMILES string of the molecule is Cc1ccc(C(C)C)c(C2CCNCC2)c1. The second kappa shape index (κ2) is 5.01. The molecule has 0 unspecified atom stereocenters. The minimum absolute atomic E-state index is 0.644. The van der Waals surface area contributed by atoms with Gasteiger partial charge in [0.1, 0.15) is 0 Å². The van der Waals surface area contributed by atoms with Gasteiger partial charge in [0, 0.05) is 0 Å². The van der Waals surface area contributed by atoms with Gasteiger partial charge in [-0.2, -0.15) is 0 Å². The molecule has 1 fully saturated rings. The van der Waals surface area contributed by atoms with E-state index in [-0.39, 0.29) is 0 Å². The Morgan fingerprint density at radius 3 is 2.50 bits per heavy atom. The van der Waals surface area contributed by atoms with Crippen LogP contribution in [0.1, 0.15) is 55.2 Å². The van der Waals surface area contributed by atoms with E-state index in [9.17, 15) is 0 Å². The summed E-state index contributed by atoms with van der Waals surface area (Å²) >= 11 is 0. The van der Waals surface area contributed by atoms with E-state index >= 15 is 0 Å². The van der Waals surface area contributed by atoms with Crippen LogP contribution in [0.4, 0.5) is 0 Å². The Kier molecular flexibility index (Phi) is 3.65. The van der Waals surface area contributed by atoms with Gasteiger partial charge in [-0.05, 0) is 55.8 Å². The Labute approximate surface area is 99.3 Å². The van der Waals surface area contributed by atoms with Gasteiger partial charge in [-0.1, -0.05) is 37.6 Å². The maximum atomic E-state index is 3.45. The average Bonchev–Trinajstić information content (AvgIpc) is 2.29. The van der Waals surface area contributed by atoms with Crippen LogP contribution in [-0.2, 0) is 0 Å². The second-order valence-electron chi connectivity index (χ2n) is 5.31. The number of piperidine rings is 1. The summed E-state index contributed by atoms with van der Waals surface area (Å²) in [5, 5.41) is 3.45. The topological polar surface area (TPSA) is 12.0 Å². The Hall–Kier alpha value is -0.820. The van der Waals surface area contributed by atoms with E-state index in [0.29, 0.717) is 5.92 Å². The summed E-state index contributed by atoms with van der Waals surface area (Å²) in [5.74, 6) is 1.42. The van der Waals surface area contributed by atoms with Crippen LogP contribution in [0.25, 0.3) is 0 Å². The molecule has 1 heterocycles. The lowest BCUT2D eigenvalue weighted by Gasteiger charge is -2.26. The Morgan fingerprint density at radius 1 is 1.19 bits per heavy atom. The van der Waals surface area contributed by atoms with E-state index in [0.717, 1.165) is 5.92 Å². The summed E-state index contributed by atoms with van der Waals surface area (Å²) in [6.07, 6.45) is 2.59. The molecular weight excluding hydrogens is 194 g/mol. The van der Waals surface area contributed by atoms with Gasteiger partial charge in [0.15, 0.2) is 0 Å². The van der Waals surface area contributed by atoms with Gasteiger partial charge in [0.05, 0.1) is 0 Å². The average molecular weight is 217 g/mol. The first-order valence-electron chi connectivity index (χ1n) is 6.49. The van der Waals surface area contributed by atoms with Crippen molar-refractivity contribution in [1.82, 2.24) is 5.32 Å². The number of hydrogen-bond donors (Lipinski definition) is 1. The first-order chi connectivity index (χ1) is 7.68. The van der Waals surface area contributed by atoms with Crippen molar-refractivity contribution in [2.75, 3.05) is 13.1 Å². The van der Waals surface area contributed by atoms with Gasteiger partial charge in [0.2, 0.25) is 0 Å². The molecule has 1 aromatic rings. The number of rotatable bonds is 2. The van der Waals surface area contributed by atoms with Crippen molar-refractivity contribution in [2.24, 2.45) is 0 Å². The van der Waals surface area contributed by atoms with E-state index in [1.165, 1.54) is 31.5 Å². The summed E-state index contributed by atoms with van der Waals surface area (Å²) in [5.41, 5.74) is 4.56. The molecule has 0 atom stereocenters. The van der Waals surface area contributed by atoms with Gasteiger partial charge >= 0.3 is 0 Å². The molecule has 0 radical (unpaired) electrons. The molecule has 1 saturated heterocycles. The lowest BCUT2D eigenvalue weighted by Crippen LogP contribution is -2.27. The molecule has 1 heteroatoms. The summed E-state index contributed by atoms with van der Waals surface area (Å²) in [7, 11) is 0. The van der Waals surface area contributed by atoms with Gasteiger partial charge in [-0.25, -0.2) is 0 Å². The highest BCUT2D eigenvalue weighted by Gasteiger charge is 2.19. The molecule has 1 aliphatic heterocycles. The van der Waals surface area contributed by atoms with Crippen LogP contribution in [0.2, 0.25) is 0 Å². The molecular formula is C15H23N. The predicted octanol–water partition coefficient (Wildman–Crippen LogP) is 3.59. The lowest BCUT2D eigenvalue weighted by molar-refractivity contribution is 0.457. The van der Waals surface area contributed by atoms with Gasteiger partial charge in [-0.15, -0.1) is 0 Å². The quantitative estimate of drug-likeness (QED) is 0.798. The number of hydrogen-bond acceptors (Lipinski definition) is 1. The fourth-order valence-electron chi connectivity index (χ4n) is 2.71. The summed E-state index contributed by atoms with van der Waals surface area (Å²) < 4.78 is 0. The third-order valence-corrected chi connectivity index (χ3v) is 3.64. The van der Waals surface area contributed by atoms with Crippen molar-refractivity contribution in [1.29, 1.82) is 0 Å². The maximum absolute atomic E-state index is 3.45. The highest BCUT2D eigenvalue weighted by Crippen LogP contribution is 2.32. The molecule has 1 aromatic carbocycles. The molecule has 1 aliphatic rings. The van der Waals surface area contributed by atoms with Crippen LogP contribution in [0.15, 0.2) is 18.2 Å². The second-order valence-corrected chi connectivity index (χ2v) is 5.31. The summed E-state index contributed by atoms with van der Waals surface area (Å²) in [6, 6.07) is 6.99. The molecule has 2 rings (SSSR count). The van der Waals surface area contributed by atoms with Crippen molar-refractivity contribution < 1.29 is 0 Å². The van der Waals surface area contributed by atoms with E-state index in [1.807, 2.05) is 0 Å². The minimum Gasteiger partial charge on any atom is -0.317 e. The largest absolute Gasteiger partial charge is 0.317 e. The van der Waals surface area contributed by atoms with Gasteiger partial charge in [0.25, 0.3) is 0 Å². The van der Waals surface area contributed by atoms with Crippen LogP contribution < -0.4 is 5.32 Å². The molecule has 0 spiro atoms. The van der Waals surface area contributed by atoms with Gasteiger partial charge in [-0.3, -0.25) is 0 Å². The van der Waals surface area contributed by atoms with Crippen molar-refractivity contribution in [3.05, 3.63) is 34.9 Å². The van der Waals surface area contributed by atoms with Crippen molar-refractivity contribution in [2.45, 2.75) is 45.4 Å². The Bertz CT molecular complexity index is 348. The third-order valence-electron chi connectivity index (χ3n) is 3.64. The highest BCUT2D eigenvalue weighted by molar-refractivity contribution is 5.36. The summed E-state index contributed by atoms with van der Waals surface area (Å²) in [4.78, 5) is 0. The first kappa shape index (κ1) is 11.7. The highest BCUT2D eigenvalue weighted by atomic mass is 14.9. The van der Waals surface area contributed by atoms with Crippen LogP contribution in [-0.4, -0.2) is 13.1 Å². The molecule has 0 bridgehead atoms. The standard InChI is InChI=1S/C15H23N/c1-11(2)14-5-4-12(3)10-15(14)13-6-8-16-9-7-13/h4-5,10-11,13,16H,6-9H2,1-3H3. The Balaban J connectivity index is 2.32. The maximum Gasteiger partial charge on any atom is -0.00431 e. The van der Waals surface area contributed by atoms with E-state index < -0.39 is 0 Å². The van der Waals surface area contributed by atoms with Crippen molar-refractivity contribution in [3.8, 4) is 0 Å². The van der Waals surface area contributed by atoms with E-state index in [1.54, 1.807) is 11.1 Å². The third kappa shape index (κ3) is 2.46. The molecule has 0 amide bonds. The van der Waals surface area contributed by atoms with Gasteiger partial charge < -0.3 is 5.32 Å². The molecule has 0 aliphatic carbocycles. The number of nitrogens with one attached hydrogen (secondary N) is 1. The monoisotopic (exact) mass is 217 g/mol. The van der Waals surface area contributed by atoms with E-state index in [4.69, 9.17) is 0 Å². The lowest BCUT2D eigenvalue weighted by atomic mass is 9.83. The fourth-order valence-corrected chi connectivity index (χ4v) is 2.71. The van der Waals surface area contributed by atoms with E-state index in [2.05, 4.69) is 44.3 Å². The summed E-state index contributed by atoms with van der Waals surface area (Å²) in [6.45, 7) is 9.16. The normalized spacial score (nSPS) is 18.0. The minimum atomic E-state index is 0.644. The Morgan fingerprint density at radius 2 is 1.88 bits per heavy atom. The van der Waals surface area contributed by atoms with Crippen LogP contribution in [0.5, 0.6) is 0 Å². The molecule has 1 N–H and O–H groups in total. The first-order valence-corrected chi connectivity index (χ1v) is 6.49. The molecule has 88 valence electrons. The number of benzene rings is 1. The zero-order chi connectivity index (χ0) is 11.5. The molecule has 1 nitrogen and oxygen atoms in total. The van der Waals surface area contributed by atoms with Crippen molar-refractivity contribution in [3.63, 3.8) is 0 Å². The van der Waals surface area contributed by atoms with Crippen molar-refractivity contribution >= 4 is 0 Å². The van der Waals surface area contributed by atoms with Crippen LogP contribution in [0, 0.1) is 6.92 Å². The fraction of sp³-hybridized carbons (Fsp3) is 0.600. The molecule has 0 saturated carbocycles. The number of aryl methyl sites for hydroxylation is 1. The predicted molar refractivity (Wildman–Crippen MR) is 70.1 cm³/mol. The zero-order valence-corrected chi connectivity index (χ0v) is 10.7. The van der Waals surface area contributed by atoms with Crippen LogP contribution in [0.3, 0.4) is 0 Å². The molecule has 16 heavy (non-hydrogen) atoms. The zero-order valence-electron chi connectivity index (χ0n) is 10.7. The molecule has 0 aromatic heterocycles. The van der Waals surface area contributed by atoms with Crippen LogP contribution >= 0.6 is 0 Å². The smallest absolute Gasteiger partial charge is 0.00431 e.